The van der Waals surface area contributed by atoms with Gasteiger partial charge in [0.15, 0.2) is 0 Å². The van der Waals surface area contributed by atoms with Crippen molar-refractivity contribution >= 4 is 27.7 Å². The van der Waals surface area contributed by atoms with Crippen LogP contribution in [0.3, 0.4) is 0 Å². The molecule has 1 N–H and O–H groups in total. The van der Waals surface area contributed by atoms with Gasteiger partial charge in [-0.3, -0.25) is 0 Å². The van der Waals surface area contributed by atoms with Crippen molar-refractivity contribution in [1.29, 1.82) is 0 Å². The number of hydrogen-bond acceptors (Lipinski definition) is 0. The van der Waals surface area contributed by atoms with Crippen molar-refractivity contribution in [2.45, 2.75) is 0 Å². The second kappa shape index (κ2) is 2.57. The van der Waals surface area contributed by atoms with Crippen LogP contribution in [0.5, 0.6) is 0 Å². The van der Waals surface area contributed by atoms with Crippen molar-refractivity contribution in [3.05, 3.63) is 39.5 Å². The molecule has 1 aliphatic carbocycles. The first-order chi connectivity index (χ1) is 5.36. The SMILES string of the molecule is BrC1=CC=C=c2[nH]ccc2=C1. The second-order valence-electron chi connectivity index (χ2n) is 2.31. The van der Waals surface area contributed by atoms with Crippen LogP contribution in [0.4, 0.5) is 0 Å². The highest BCUT2D eigenvalue weighted by atomic mass is 79.9. The van der Waals surface area contributed by atoms with Gasteiger partial charge in [0.1, 0.15) is 0 Å². The van der Waals surface area contributed by atoms with Gasteiger partial charge in [0.2, 0.25) is 0 Å². The second-order valence-corrected chi connectivity index (χ2v) is 3.23. The van der Waals surface area contributed by atoms with Gasteiger partial charge >= 0.3 is 0 Å². The molecule has 0 bridgehead atoms. The summed E-state index contributed by atoms with van der Waals surface area (Å²) in [6, 6.07) is 2.02. The minimum absolute atomic E-state index is 1.04. The Morgan fingerprint density at radius 1 is 1.45 bits per heavy atom. The van der Waals surface area contributed by atoms with Gasteiger partial charge in [-0.15, -0.1) is 0 Å². The van der Waals surface area contributed by atoms with Crippen molar-refractivity contribution in [3.8, 4) is 0 Å². The van der Waals surface area contributed by atoms with Gasteiger partial charge in [0.25, 0.3) is 0 Å². The normalized spacial score (nSPS) is 14.1. The Labute approximate surface area is 72.6 Å². The van der Waals surface area contributed by atoms with E-state index in [-0.39, 0.29) is 0 Å². The zero-order chi connectivity index (χ0) is 7.68. The third-order valence-corrected chi connectivity index (χ3v) is 2.04. The number of aromatic amines is 1. The molecule has 1 heterocycles. The van der Waals surface area contributed by atoms with Crippen LogP contribution in [0.15, 0.2) is 28.9 Å². The summed E-state index contributed by atoms with van der Waals surface area (Å²) in [6.45, 7) is 0. The average Bonchev–Trinajstić information content (AvgIpc) is 2.31. The zero-order valence-electron chi connectivity index (χ0n) is 5.76. The highest BCUT2D eigenvalue weighted by Crippen LogP contribution is 2.05. The smallest absolute Gasteiger partial charge is 0.0887 e. The first-order valence-corrected chi connectivity index (χ1v) is 4.13. The lowest BCUT2D eigenvalue weighted by atomic mass is 10.4. The standard InChI is InChI=1S/C9H6BrN/c10-8-2-1-3-9-7(6-8)4-5-11-9/h1-2,4-6,11H. The Balaban J connectivity index is 2.93. The predicted octanol–water partition coefficient (Wildman–Crippen LogP) is 1.02. The van der Waals surface area contributed by atoms with E-state index in [0.29, 0.717) is 0 Å². The Morgan fingerprint density at radius 3 is 3.27 bits per heavy atom. The number of halogens is 1. The van der Waals surface area contributed by atoms with Crippen LogP contribution in [0.2, 0.25) is 0 Å². The number of H-pyrrole nitrogens is 1. The van der Waals surface area contributed by atoms with E-state index in [1.165, 1.54) is 5.22 Å². The van der Waals surface area contributed by atoms with Gasteiger partial charge in [-0.05, 0) is 24.3 Å². The minimum Gasteiger partial charge on any atom is -0.355 e. The summed E-state index contributed by atoms with van der Waals surface area (Å²) in [5, 5.41) is 2.21. The number of allylic oxidation sites excluding steroid dienone is 3. The first kappa shape index (κ1) is 6.71. The number of rotatable bonds is 0. The van der Waals surface area contributed by atoms with E-state index < -0.39 is 0 Å². The topological polar surface area (TPSA) is 15.8 Å². The summed E-state index contributed by atoms with van der Waals surface area (Å²) in [6.07, 6.45) is 7.83. The number of nitrogens with one attached hydrogen (secondary N) is 1. The molecule has 0 aromatic carbocycles. The largest absolute Gasteiger partial charge is 0.355 e. The van der Waals surface area contributed by atoms with Gasteiger partial charge in [-0.1, -0.05) is 21.7 Å². The summed E-state index contributed by atoms with van der Waals surface area (Å²) in [4.78, 5) is 3.09. The van der Waals surface area contributed by atoms with Crippen LogP contribution < -0.4 is 10.6 Å². The van der Waals surface area contributed by atoms with Crippen LogP contribution in [-0.2, 0) is 0 Å². The number of aromatic nitrogens is 1. The highest BCUT2D eigenvalue weighted by molar-refractivity contribution is 9.12. The molecule has 0 aliphatic heterocycles. The van der Waals surface area contributed by atoms with Crippen LogP contribution in [0.25, 0.3) is 11.8 Å². The van der Waals surface area contributed by atoms with E-state index in [9.17, 15) is 0 Å². The highest BCUT2D eigenvalue weighted by Gasteiger charge is 1.89. The third kappa shape index (κ3) is 1.23. The maximum atomic E-state index is 3.41. The fourth-order valence-corrected chi connectivity index (χ4v) is 1.41. The molecule has 54 valence electrons. The molecular formula is C9H6BrN. The van der Waals surface area contributed by atoms with E-state index in [2.05, 4.69) is 32.7 Å². The summed E-state index contributed by atoms with van der Waals surface area (Å²) < 4.78 is 1.07. The number of hydrogen-bond donors (Lipinski definition) is 1. The maximum Gasteiger partial charge on any atom is 0.0887 e. The Hall–Kier alpha value is -0.980. The molecule has 0 saturated heterocycles. The van der Waals surface area contributed by atoms with E-state index in [0.717, 1.165) is 9.83 Å². The average molecular weight is 208 g/mol. The summed E-state index contributed by atoms with van der Waals surface area (Å²) in [7, 11) is 0. The Kier molecular flexibility index (Phi) is 1.57. The molecule has 1 nitrogen and oxygen atoms in total. The summed E-state index contributed by atoms with van der Waals surface area (Å²) >= 11 is 3.41. The molecule has 0 fully saturated rings. The molecule has 0 atom stereocenters. The quantitative estimate of drug-likeness (QED) is 0.655. The molecule has 1 aromatic heterocycles. The van der Waals surface area contributed by atoms with Crippen molar-refractivity contribution in [3.63, 3.8) is 0 Å². The van der Waals surface area contributed by atoms with Crippen molar-refractivity contribution < 1.29 is 0 Å². The van der Waals surface area contributed by atoms with E-state index >= 15 is 0 Å². The third-order valence-electron chi connectivity index (χ3n) is 1.54. The van der Waals surface area contributed by atoms with Crippen LogP contribution in [-0.4, -0.2) is 4.98 Å². The van der Waals surface area contributed by atoms with Crippen LogP contribution in [0.1, 0.15) is 0 Å². The lowest BCUT2D eigenvalue weighted by molar-refractivity contribution is 1.32. The Morgan fingerprint density at radius 2 is 2.36 bits per heavy atom. The van der Waals surface area contributed by atoms with Gasteiger partial charge in [0.05, 0.1) is 5.35 Å². The molecule has 0 amide bonds. The molecule has 2 heteroatoms. The molecule has 1 aliphatic rings. The summed E-state index contributed by atoms with van der Waals surface area (Å²) in [5.41, 5.74) is 3.12. The molecular weight excluding hydrogens is 202 g/mol. The molecule has 2 rings (SSSR count). The van der Waals surface area contributed by atoms with Crippen molar-refractivity contribution in [2.75, 3.05) is 0 Å². The molecule has 0 saturated carbocycles. The van der Waals surface area contributed by atoms with Crippen LogP contribution >= 0.6 is 15.9 Å². The minimum atomic E-state index is 1.04. The van der Waals surface area contributed by atoms with E-state index in [1.54, 1.807) is 0 Å². The predicted molar refractivity (Wildman–Crippen MR) is 49.5 cm³/mol. The monoisotopic (exact) mass is 207 g/mol. The number of fused-ring (bicyclic) bond motifs is 1. The van der Waals surface area contributed by atoms with Gasteiger partial charge in [-0.2, -0.15) is 0 Å². The fourth-order valence-electron chi connectivity index (χ4n) is 1.03. The molecule has 0 unspecified atom stereocenters. The molecule has 0 spiro atoms. The summed E-state index contributed by atoms with van der Waals surface area (Å²) in [5.74, 6) is 0. The van der Waals surface area contributed by atoms with Crippen LogP contribution in [0, 0.1) is 0 Å². The van der Waals surface area contributed by atoms with E-state index in [4.69, 9.17) is 0 Å². The van der Waals surface area contributed by atoms with Gasteiger partial charge in [0, 0.05) is 15.9 Å². The molecule has 11 heavy (non-hydrogen) atoms. The first-order valence-electron chi connectivity index (χ1n) is 3.34. The zero-order valence-corrected chi connectivity index (χ0v) is 7.35. The van der Waals surface area contributed by atoms with Gasteiger partial charge < -0.3 is 4.98 Å². The fraction of sp³-hybridized carbons (Fsp3) is 0. The Bertz CT molecular complexity index is 444. The molecule has 1 aromatic rings. The lowest BCUT2D eigenvalue weighted by Gasteiger charge is -1.79. The van der Waals surface area contributed by atoms with Crippen molar-refractivity contribution in [1.82, 2.24) is 4.98 Å². The maximum absolute atomic E-state index is 3.41. The molecule has 0 radical (unpaired) electrons. The van der Waals surface area contributed by atoms with E-state index in [1.807, 2.05) is 24.4 Å². The van der Waals surface area contributed by atoms with Gasteiger partial charge in [-0.25, -0.2) is 0 Å². The lowest BCUT2D eigenvalue weighted by Crippen LogP contribution is -2.19. The van der Waals surface area contributed by atoms with Crippen molar-refractivity contribution in [2.24, 2.45) is 0 Å².